The number of benzene rings is 1. The molecular formula is C14H24ClN3O3S2. The van der Waals surface area contributed by atoms with Crippen molar-refractivity contribution in [2.24, 2.45) is 5.73 Å². The van der Waals surface area contributed by atoms with Gasteiger partial charge < -0.3 is 11.1 Å². The maximum absolute atomic E-state index is 11.9. The van der Waals surface area contributed by atoms with Crippen LogP contribution in [0.25, 0.3) is 0 Å². The monoisotopic (exact) mass is 381 g/mol. The predicted molar refractivity (Wildman–Crippen MR) is 98.8 cm³/mol. The second-order valence-corrected chi connectivity index (χ2v) is 7.55. The zero-order valence-corrected chi connectivity index (χ0v) is 15.7. The molecule has 6 nitrogen and oxygen atoms in total. The second kappa shape index (κ2) is 10.9. The van der Waals surface area contributed by atoms with Crippen LogP contribution < -0.4 is 15.8 Å². The van der Waals surface area contributed by atoms with Gasteiger partial charge in [0.1, 0.15) is 0 Å². The molecule has 0 fully saturated rings. The highest BCUT2D eigenvalue weighted by molar-refractivity contribution is 7.98. The first-order valence-corrected chi connectivity index (χ1v) is 9.93. The van der Waals surface area contributed by atoms with Gasteiger partial charge in [-0.05, 0) is 49.1 Å². The number of thioether (sulfide) groups is 1. The number of anilines is 1. The van der Waals surface area contributed by atoms with E-state index in [0.29, 0.717) is 18.7 Å². The first-order chi connectivity index (χ1) is 10.4. The molecule has 0 aliphatic carbocycles. The molecule has 0 aliphatic heterocycles. The van der Waals surface area contributed by atoms with Gasteiger partial charge in [0, 0.05) is 12.2 Å². The van der Waals surface area contributed by atoms with Crippen LogP contribution in [0.5, 0.6) is 0 Å². The lowest BCUT2D eigenvalue weighted by Crippen LogP contribution is -2.36. The molecule has 0 spiro atoms. The van der Waals surface area contributed by atoms with Crippen LogP contribution in [0, 0.1) is 0 Å². The SMILES string of the molecule is CCCNS(=O)(=O)c1ccc(NC(=O)[C@@H](N)CCSC)cc1.Cl. The number of amides is 1. The van der Waals surface area contributed by atoms with E-state index >= 15 is 0 Å². The van der Waals surface area contributed by atoms with E-state index in [2.05, 4.69) is 10.0 Å². The molecule has 0 heterocycles. The molecule has 0 saturated carbocycles. The topological polar surface area (TPSA) is 101 Å². The number of carbonyl (C=O) groups is 1. The summed E-state index contributed by atoms with van der Waals surface area (Å²) in [5.74, 6) is 0.545. The zero-order valence-electron chi connectivity index (χ0n) is 13.2. The summed E-state index contributed by atoms with van der Waals surface area (Å²) >= 11 is 1.63. The number of carbonyl (C=O) groups excluding carboxylic acids is 1. The smallest absolute Gasteiger partial charge is 0.241 e. The predicted octanol–water partition coefficient (Wildman–Crippen LogP) is 1.82. The number of hydrogen-bond donors (Lipinski definition) is 3. The summed E-state index contributed by atoms with van der Waals surface area (Å²) in [7, 11) is -3.49. The highest BCUT2D eigenvalue weighted by Gasteiger charge is 2.15. The van der Waals surface area contributed by atoms with Crippen molar-refractivity contribution >= 4 is 45.8 Å². The Hall–Kier alpha value is -0.800. The van der Waals surface area contributed by atoms with E-state index in [1.165, 1.54) is 12.1 Å². The minimum atomic E-state index is -3.49. The molecule has 9 heteroatoms. The molecule has 0 unspecified atom stereocenters. The highest BCUT2D eigenvalue weighted by atomic mass is 35.5. The second-order valence-electron chi connectivity index (χ2n) is 4.80. The Bertz CT molecular complexity index is 579. The number of rotatable bonds is 9. The van der Waals surface area contributed by atoms with Gasteiger partial charge in [0.15, 0.2) is 0 Å². The molecule has 0 saturated heterocycles. The maximum Gasteiger partial charge on any atom is 0.241 e. The average molecular weight is 382 g/mol. The molecule has 132 valence electrons. The van der Waals surface area contributed by atoms with Gasteiger partial charge in [-0.3, -0.25) is 4.79 Å². The molecule has 1 aromatic rings. The van der Waals surface area contributed by atoms with Crippen LogP contribution >= 0.6 is 24.2 Å². The Balaban J connectivity index is 0.00000484. The minimum absolute atomic E-state index is 0. The standard InChI is InChI=1S/C14H23N3O3S2.ClH/c1-3-9-16-22(19,20)12-6-4-11(5-7-12)17-14(18)13(15)8-10-21-2;/h4-7,13,16H,3,8-10,15H2,1-2H3,(H,17,18);1H/t13-;/m0./s1. The first-order valence-electron chi connectivity index (χ1n) is 7.05. The van der Waals surface area contributed by atoms with Gasteiger partial charge in [-0.25, -0.2) is 13.1 Å². The lowest BCUT2D eigenvalue weighted by Gasteiger charge is -2.12. The van der Waals surface area contributed by atoms with E-state index in [0.717, 1.165) is 12.2 Å². The third-order valence-electron chi connectivity index (χ3n) is 2.94. The summed E-state index contributed by atoms with van der Waals surface area (Å²) < 4.78 is 26.3. The fourth-order valence-electron chi connectivity index (χ4n) is 1.65. The van der Waals surface area contributed by atoms with Crippen LogP contribution in [0.15, 0.2) is 29.2 Å². The normalized spacial score (nSPS) is 12.3. The molecule has 4 N–H and O–H groups in total. The van der Waals surface area contributed by atoms with Crippen molar-refractivity contribution in [3.8, 4) is 0 Å². The van der Waals surface area contributed by atoms with Gasteiger partial charge in [0.25, 0.3) is 0 Å². The molecule has 0 radical (unpaired) electrons. The molecule has 0 bridgehead atoms. The van der Waals surface area contributed by atoms with Gasteiger partial charge in [0.05, 0.1) is 10.9 Å². The van der Waals surface area contributed by atoms with Crippen LogP contribution in [0.4, 0.5) is 5.69 Å². The average Bonchev–Trinajstić information content (AvgIpc) is 2.51. The van der Waals surface area contributed by atoms with E-state index in [9.17, 15) is 13.2 Å². The molecule has 23 heavy (non-hydrogen) atoms. The van der Waals surface area contributed by atoms with Crippen LogP contribution in [0.1, 0.15) is 19.8 Å². The molecule has 0 aliphatic rings. The van der Waals surface area contributed by atoms with Crippen LogP contribution in [-0.4, -0.2) is 38.9 Å². The molecular weight excluding hydrogens is 358 g/mol. The highest BCUT2D eigenvalue weighted by Crippen LogP contribution is 2.14. The third kappa shape index (κ3) is 7.54. The quantitative estimate of drug-likeness (QED) is 0.605. The summed E-state index contributed by atoms with van der Waals surface area (Å²) in [4.78, 5) is 12.0. The van der Waals surface area contributed by atoms with Crippen LogP contribution in [0.2, 0.25) is 0 Å². The van der Waals surface area contributed by atoms with E-state index in [1.807, 2.05) is 13.2 Å². The third-order valence-corrected chi connectivity index (χ3v) is 5.06. The Morgan fingerprint density at radius 2 is 1.91 bits per heavy atom. The van der Waals surface area contributed by atoms with Crippen molar-refractivity contribution in [1.82, 2.24) is 4.72 Å². The summed E-state index contributed by atoms with van der Waals surface area (Å²) in [6.45, 7) is 2.28. The van der Waals surface area contributed by atoms with Crippen LogP contribution in [-0.2, 0) is 14.8 Å². The lowest BCUT2D eigenvalue weighted by molar-refractivity contribution is -0.117. The Morgan fingerprint density at radius 3 is 2.43 bits per heavy atom. The van der Waals surface area contributed by atoms with Crippen molar-refractivity contribution in [3.63, 3.8) is 0 Å². The van der Waals surface area contributed by atoms with E-state index < -0.39 is 16.1 Å². The van der Waals surface area contributed by atoms with Crippen molar-refractivity contribution in [1.29, 1.82) is 0 Å². The van der Waals surface area contributed by atoms with Crippen molar-refractivity contribution < 1.29 is 13.2 Å². The van der Waals surface area contributed by atoms with E-state index in [1.54, 1.807) is 23.9 Å². The van der Waals surface area contributed by atoms with Gasteiger partial charge >= 0.3 is 0 Å². The number of hydrogen-bond acceptors (Lipinski definition) is 5. The van der Waals surface area contributed by atoms with E-state index in [4.69, 9.17) is 5.73 Å². The summed E-state index contributed by atoms with van der Waals surface area (Å²) in [6, 6.07) is 5.46. The maximum atomic E-state index is 11.9. The lowest BCUT2D eigenvalue weighted by atomic mass is 10.2. The Labute approximate surface area is 148 Å². The summed E-state index contributed by atoms with van der Waals surface area (Å²) in [5, 5.41) is 2.68. The molecule has 0 aromatic heterocycles. The largest absolute Gasteiger partial charge is 0.325 e. The fraction of sp³-hybridized carbons (Fsp3) is 0.500. The van der Waals surface area contributed by atoms with Crippen molar-refractivity contribution in [3.05, 3.63) is 24.3 Å². The summed E-state index contributed by atoms with van der Waals surface area (Å²) in [5.41, 5.74) is 6.30. The Kier molecular flexibility index (Phi) is 10.5. The molecule has 1 amide bonds. The van der Waals surface area contributed by atoms with Gasteiger partial charge in [-0.15, -0.1) is 12.4 Å². The molecule has 1 aromatic carbocycles. The van der Waals surface area contributed by atoms with E-state index in [-0.39, 0.29) is 23.2 Å². The zero-order chi connectivity index (χ0) is 16.6. The summed E-state index contributed by atoms with van der Waals surface area (Å²) in [6.07, 6.45) is 3.28. The van der Waals surface area contributed by atoms with Gasteiger partial charge in [0.2, 0.25) is 15.9 Å². The minimum Gasteiger partial charge on any atom is -0.325 e. The number of nitrogens with two attached hydrogens (primary N) is 1. The fourth-order valence-corrected chi connectivity index (χ4v) is 3.27. The number of nitrogens with one attached hydrogen (secondary N) is 2. The molecule has 1 rings (SSSR count). The van der Waals surface area contributed by atoms with Gasteiger partial charge in [-0.2, -0.15) is 11.8 Å². The van der Waals surface area contributed by atoms with Crippen molar-refractivity contribution in [2.45, 2.75) is 30.7 Å². The van der Waals surface area contributed by atoms with Crippen LogP contribution in [0.3, 0.4) is 0 Å². The van der Waals surface area contributed by atoms with Gasteiger partial charge in [-0.1, -0.05) is 6.92 Å². The Morgan fingerprint density at radius 1 is 1.30 bits per heavy atom. The first kappa shape index (κ1) is 22.2. The number of halogens is 1. The number of sulfonamides is 1. The van der Waals surface area contributed by atoms with Crippen molar-refractivity contribution in [2.75, 3.05) is 23.9 Å². The molecule has 1 atom stereocenters.